The van der Waals surface area contributed by atoms with E-state index in [4.69, 9.17) is 5.73 Å². The third-order valence-electron chi connectivity index (χ3n) is 4.92. The van der Waals surface area contributed by atoms with E-state index < -0.39 is 11.0 Å². The molecule has 0 spiro atoms. The Hall–Kier alpha value is -3.19. The first-order chi connectivity index (χ1) is 14.2. The second kappa shape index (κ2) is 7.57. The Balaban J connectivity index is 1.69. The number of pyridine rings is 1. The molecule has 154 valence electrons. The van der Waals surface area contributed by atoms with Crippen LogP contribution in [0, 0.1) is 6.92 Å². The molecule has 4 rings (SSSR count). The summed E-state index contributed by atoms with van der Waals surface area (Å²) in [6, 6.07) is 19.2. The van der Waals surface area contributed by atoms with Crippen LogP contribution in [0.25, 0.3) is 16.6 Å². The maximum Gasteiger partial charge on any atom is 0.151 e. The zero-order chi connectivity index (χ0) is 21.5. The number of nitrogens with zero attached hydrogens (tertiary/aromatic N) is 3. The van der Waals surface area contributed by atoms with Crippen molar-refractivity contribution < 1.29 is 4.21 Å². The molecule has 2 heterocycles. The van der Waals surface area contributed by atoms with Crippen LogP contribution in [0.5, 0.6) is 0 Å². The fourth-order valence-electron chi connectivity index (χ4n) is 3.33. The quantitative estimate of drug-likeness (QED) is 0.500. The molecule has 7 heteroatoms. The van der Waals surface area contributed by atoms with Crippen molar-refractivity contribution in [1.29, 1.82) is 0 Å². The lowest BCUT2D eigenvalue weighted by Gasteiger charge is -2.19. The van der Waals surface area contributed by atoms with E-state index in [1.54, 1.807) is 10.7 Å². The van der Waals surface area contributed by atoms with Crippen LogP contribution >= 0.6 is 0 Å². The van der Waals surface area contributed by atoms with Crippen molar-refractivity contribution in [3.05, 3.63) is 71.9 Å². The Morgan fingerprint density at radius 2 is 1.77 bits per heavy atom. The van der Waals surface area contributed by atoms with Gasteiger partial charge in [-0.3, -0.25) is 4.72 Å². The molecule has 6 nitrogen and oxygen atoms in total. The molecule has 0 radical (unpaired) electrons. The predicted octanol–water partition coefficient (Wildman–Crippen LogP) is 4.74. The van der Waals surface area contributed by atoms with Crippen LogP contribution in [0.15, 0.2) is 65.6 Å². The highest BCUT2D eigenvalue weighted by molar-refractivity contribution is 7.86. The number of nitrogen functional groups attached to an aromatic ring is 1. The average molecular weight is 420 g/mol. The highest BCUT2D eigenvalue weighted by Crippen LogP contribution is 2.27. The lowest BCUT2D eigenvalue weighted by atomic mass is 9.87. The molecular formula is C23H25N5OS. The molecule has 0 aliphatic heterocycles. The number of hydrogen-bond acceptors (Lipinski definition) is 4. The second-order valence-corrected chi connectivity index (χ2v) is 9.52. The van der Waals surface area contributed by atoms with Crippen molar-refractivity contribution in [2.45, 2.75) is 38.0 Å². The van der Waals surface area contributed by atoms with Crippen molar-refractivity contribution >= 4 is 33.5 Å². The van der Waals surface area contributed by atoms with Gasteiger partial charge in [0.05, 0.1) is 21.8 Å². The SMILES string of the molecule is Cc1cc(NS(=O)c2ccc(C(C)(C)C)cc2)n(-c2cccc3nc(N)ccc23)n1. The Bertz CT molecular complexity index is 1240. The summed E-state index contributed by atoms with van der Waals surface area (Å²) in [5, 5.41) is 5.52. The summed E-state index contributed by atoms with van der Waals surface area (Å²) >= 11 is 0. The highest BCUT2D eigenvalue weighted by atomic mass is 32.2. The van der Waals surface area contributed by atoms with Crippen molar-refractivity contribution in [2.75, 3.05) is 10.5 Å². The van der Waals surface area contributed by atoms with E-state index in [0.717, 1.165) is 22.3 Å². The van der Waals surface area contributed by atoms with Crippen molar-refractivity contribution in [3.63, 3.8) is 0 Å². The standard InChI is InChI=1S/C23H25N5OS/c1-15-14-22(27-30(29)17-10-8-16(9-11-17)23(2,3)4)28(26-15)20-7-5-6-19-18(20)12-13-21(24)25-19/h5-14,27H,1-4H3,(H2,24,25). The monoisotopic (exact) mass is 419 g/mol. The minimum Gasteiger partial charge on any atom is -0.384 e. The van der Waals surface area contributed by atoms with Gasteiger partial charge in [0.1, 0.15) is 11.6 Å². The summed E-state index contributed by atoms with van der Waals surface area (Å²) in [5.74, 6) is 1.12. The number of benzene rings is 2. The number of fused-ring (bicyclic) bond motifs is 1. The van der Waals surface area contributed by atoms with Gasteiger partial charge >= 0.3 is 0 Å². The van der Waals surface area contributed by atoms with Gasteiger partial charge in [-0.2, -0.15) is 5.10 Å². The van der Waals surface area contributed by atoms with E-state index in [1.807, 2.05) is 61.5 Å². The molecule has 0 saturated heterocycles. The molecule has 0 amide bonds. The smallest absolute Gasteiger partial charge is 0.151 e. The first-order valence-electron chi connectivity index (χ1n) is 9.74. The van der Waals surface area contributed by atoms with E-state index in [9.17, 15) is 4.21 Å². The zero-order valence-electron chi connectivity index (χ0n) is 17.5. The molecule has 1 unspecified atom stereocenters. The van der Waals surface area contributed by atoms with E-state index in [2.05, 4.69) is 35.6 Å². The lowest BCUT2D eigenvalue weighted by Crippen LogP contribution is -2.12. The predicted molar refractivity (Wildman–Crippen MR) is 123 cm³/mol. The van der Waals surface area contributed by atoms with E-state index in [-0.39, 0.29) is 5.41 Å². The van der Waals surface area contributed by atoms with Crippen molar-refractivity contribution in [2.24, 2.45) is 0 Å². The summed E-state index contributed by atoms with van der Waals surface area (Å²) in [5.41, 5.74) is 9.52. The Morgan fingerprint density at radius 3 is 2.47 bits per heavy atom. The van der Waals surface area contributed by atoms with E-state index >= 15 is 0 Å². The molecule has 2 aromatic carbocycles. The van der Waals surface area contributed by atoms with E-state index in [1.165, 1.54) is 5.56 Å². The first kappa shape index (κ1) is 20.1. The maximum atomic E-state index is 13.0. The van der Waals surface area contributed by atoms with Crippen LogP contribution in [0.3, 0.4) is 0 Å². The van der Waals surface area contributed by atoms with Gasteiger partial charge in [-0.05, 0) is 54.3 Å². The van der Waals surface area contributed by atoms with Crippen LogP contribution in [-0.2, 0) is 16.4 Å². The van der Waals surface area contributed by atoms with Crippen molar-refractivity contribution in [3.8, 4) is 5.69 Å². The van der Waals surface area contributed by atoms with Gasteiger partial charge in [0.25, 0.3) is 0 Å². The molecular weight excluding hydrogens is 394 g/mol. The van der Waals surface area contributed by atoms with Crippen LogP contribution < -0.4 is 10.5 Å². The molecule has 30 heavy (non-hydrogen) atoms. The van der Waals surface area contributed by atoms with E-state index in [0.29, 0.717) is 16.5 Å². The number of anilines is 2. The van der Waals surface area contributed by atoms with Gasteiger partial charge in [0.2, 0.25) is 0 Å². The summed E-state index contributed by atoms with van der Waals surface area (Å²) in [7, 11) is -1.42. The van der Waals surface area contributed by atoms with Gasteiger partial charge in [-0.15, -0.1) is 0 Å². The Morgan fingerprint density at radius 1 is 1.03 bits per heavy atom. The van der Waals surface area contributed by atoms with Crippen LogP contribution in [0.4, 0.5) is 11.6 Å². The van der Waals surface area contributed by atoms with Gasteiger partial charge in [-0.1, -0.05) is 39.0 Å². The third kappa shape index (κ3) is 3.93. The second-order valence-electron chi connectivity index (χ2n) is 8.31. The Labute approximate surface area is 178 Å². The van der Waals surface area contributed by atoms with Gasteiger partial charge in [0, 0.05) is 11.5 Å². The number of nitrogens with one attached hydrogen (secondary N) is 1. The molecule has 0 aliphatic carbocycles. The normalized spacial score (nSPS) is 12.8. The number of aromatic nitrogens is 3. The summed E-state index contributed by atoms with van der Waals surface area (Å²) in [6.45, 7) is 8.38. The van der Waals surface area contributed by atoms with Gasteiger partial charge in [0.15, 0.2) is 11.0 Å². The number of nitrogens with two attached hydrogens (primary N) is 1. The highest BCUT2D eigenvalue weighted by Gasteiger charge is 2.16. The number of aryl methyl sites for hydroxylation is 1. The van der Waals surface area contributed by atoms with Crippen LogP contribution in [0.1, 0.15) is 32.0 Å². The van der Waals surface area contributed by atoms with Crippen LogP contribution in [0.2, 0.25) is 0 Å². The summed E-state index contributed by atoms with van der Waals surface area (Å²) in [6.07, 6.45) is 0. The summed E-state index contributed by atoms with van der Waals surface area (Å²) in [4.78, 5) is 5.10. The molecule has 0 aliphatic rings. The summed E-state index contributed by atoms with van der Waals surface area (Å²) < 4.78 is 17.9. The zero-order valence-corrected chi connectivity index (χ0v) is 18.3. The number of hydrogen-bond donors (Lipinski definition) is 2. The Kier molecular flexibility index (Phi) is 5.07. The largest absolute Gasteiger partial charge is 0.384 e. The van der Waals surface area contributed by atoms with Crippen LogP contribution in [-0.4, -0.2) is 19.0 Å². The molecule has 0 bridgehead atoms. The maximum absolute atomic E-state index is 13.0. The topological polar surface area (TPSA) is 85.8 Å². The molecule has 1 atom stereocenters. The van der Waals surface area contributed by atoms with Gasteiger partial charge in [-0.25, -0.2) is 13.9 Å². The molecule has 2 aromatic heterocycles. The van der Waals surface area contributed by atoms with Gasteiger partial charge < -0.3 is 5.73 Å². The first-order valence-corrected chi connectivity index (χ1v) is 10.9. The molecule has 3 N–H and O–H groups in total. The third-order valence-corrected chi connectivity index (χ3v) is 6.02. The van der Waals surface area contributed by atoms with Crippen molar-refractivity contribution in [1.82, 2.24) is 14.8 Å². The minimum atomic E-state index is -1.42. The molecule has 0 saturated carbocycles. The lowest BCUT2D eigenvalue weighted by molar-refractivity contribution is 0.589. The fourth-order valence-corrected chi connectivity index (χ4v) is 4.16. The molecule has 0 fully saturated rings. The number of rotatable bonds is 4. The fraction of sp³-hybridized carbons (Fsp3) is 0.217. The average Bonchev–Trinajstić information content (AvgIpc) is 3.06. The molecule has 4 aromatic rings. The minimum absolute atomic E-state index is 0.0506.